The van der Waals surface area contributed by atoms with Crippen LogP contribution in [0.4, 0.5) is 4.39 Å². The standard InChI is InChI=1S/C19H23FN2O3/c1-22(2)12-14-10-13(8-9-16(14)20)11-21-19(23)15-6-5-7-17(24-3)18(15)25-4/h5-10H,11-12H2,1-4H3,(H,21,23). The molecule has 1 amide bonds. The van der Waals surface area contributed by atoms with Gasteiger partial charge in [-0.1, -0.05) is 12.1 Å². The van der Waals surface area contributed by atoms with E-state index in [1.54, 1.807) is 30.3 Å². The van der Waals surface area contributed by atoms with E-state index in [9.17, 15) is 9.18 Å². The normalized spacial score (nSPS) is 10.6. The highest BCUT2D eigenvalue weighted by atomic mass is 19.1. The molecule has 0 aromatic heterocycles. The van der Waals surface area contributed by atoms with Gasteiger partial charge in [0.15, 0.2) is 11.5 Å². The van der Waals surface area contributed by atoms with Crippen LogP contribution in [0.5, 0.6) is 11.5 Å². The molecule has 0 saturated heterocycles. The molecule has 6 heteroatoms. The molecule has 0 spiro atoms. The second-order valence-electron chi connectivity index (χ2n) is 5.89. The van der Waals surface area contributed by atoms with Gasteiger partial charge < -0.3 is 19.7 Å². The molecule has 0 fully saturated rings. The molecule has 0 aliphatic heterocycles. The highest BCUT2D eigenvalue weighted by molar-refractivity contribution is 5.97. The zero-order chi connectivity index (χ0) is 18.4. The highest BCUT2D eigenvalue weighted by Crippen LogP contribution is 2.30. The Bertz CT molecular complexity index is 747. The van der Waals surface area contributed by atoms with Crippen LogP contribution in [0, 0.1) is 5.82 Å². The molecule has 0 unspecified atom stereocenters. The number of nitrogens with one attached hydrogen (secondary N) is 1. The first-order chi connectivity index (χ1) is 12.0. The quantitative estimate of drug-likeness (QED) is 0.838. The Morgan fingerprint density at radius 3 is 2.56 bits per heavy atom. The van der Waals surface area contributed by atoms with Gasteiger partial charge in [0.25, 0.3) is 5.91 Å². The second-order valence-corrected chi connectivity index (χ2v) is 5.89. The van der Waals surface area contributed by atoms with Crippen molar-refractivity contribution < 1.29 is 18.7 Å². The number of methoxy groups -OCH3 is 2. The average Bonchev–Trinajstić information content (AvgIpc) is 2.60. The number of rotatable bonds is 7. The topological polar surface area (TPSA) is 50.8 Å². The van der Waals surface area contributed by atoms with Crippen LogP contribution < -0.4 is 14.8 Å². The van der Waals surface area contributed by atoms with Gasteiger partial charge in [0.1, 0.15) is 5.82 Å². The van der Waals surface area contributed by atoms with Gasteiger partial charge in [-0.25, -0.2) is 4.39 Å². The minimum absolute atomic E-state index is 0.252. The fraction of sp³-hybridized carbons (Fsp3) is 0.316. The fourth-order valence-corrected chi connectivity index (χ4v) is 2.54. The monoisotopic (exact) mass is 346 g/mol. The van der Waals surface area contributed by atoms with Crippen LogP contribution in [0.2, 0.25) is 0 Å². The van der Waals surface area contributed by atoms with E-state index < -0.39 is 0 Å². The maximum Gasteiger partial charge on any atom is 0.255 e. The number of benzene rings is 2. The van der Waals surface area contributed by atoms with Gasteiger partial charge in [0.2, 0.25) is 0 Å². The lowest BCUT2D eigenvalue weighted by atomic mass is 10.1. The van der Waals surface area contributed by atoms with Crippen molar-refractivity contribution in [3.05, 3.63) is 58.9 Å². The van der Waals surface area contributed by atoms with Gasteiger partial charge in [-0.05, 0) is 43.9 Å². The Balaban J connectivity index is 2.13. The van der Waals surface area contributed by atoms with Crippen molar-refractivity contribution in [2.45, 2.75) is 13.1 Å². The molecule has 0 bridgehead atoms. The fourth-order valence-electron chi connectivity index (χ4n) is 2.54. The van der Waals surface area contributed by atoms with Crippen molar-refractivity contribution in [3.63, 3.8) is 0 Å². The summed E-state index contributed by atoms with van der Waals surface area (Å²) in [6.07, 6.45) is 0. The number of para-hydroxylation sites is 1. The van der Waals surface area contributed by atoms with E-state index in [-0.39, 0.29) is 11.7 Å². The molecule has 0 aliphatic rings. The van der Waals surface area contributed by atoms with Gasteiger partial charge in [-0.2, -0.15) is 0 Å². The van der Waals surface area contributed by atoms with E-state index >= 15 is 0 Å². The van der Waals surface area contributed by atoms with Crippen LogP contribution in [0.15, 0.2) is 36.4 Å². The third kappa shape index (κ3) is 4.70. The second kappa shape index (κ2) is 8.48. The Morgan fingerprint density at radius 1 is 1.16 bits per heavy atom. The maximum atomic E-state index is 13.8. The van der Waals surface area contributed by atoms with Gasteiger partial charge >= 0.3 is 0 Å². The molecular weight excluding hydrogens is 323 g/mol. The molecule has 25 heavy (non-hydrogen) atoms. The SMILES string of the molecule is COc1cccc(C(=O)NCc2ccc(F)c(CN(C)C)c2)c1OC. The summed E-state index contributed by atoms with van der Waals surface area (Å²) in [6.45, 7) is 0.789. The predicted molar refractivity (Wildman–Crippen MR) is 94.5 cm³/mol. The van der Waals surface area contributed by atoms with E-state index in [1.165, 1.54) is 20.3 Å². The average molecular weight is 346 g/mol. The van der Waals surface area contributed by atoms with E-state index in [0.29, 0.717) is 35.7 Å². The number of hydrogen-bond acceptors (Lipinski definition) is 4. The Morgan fingerprint density at radius 2 is 1.92 bits per heavy atom. The number of hydrogen-bond donors (Lipinski definition) is 1. The first-order valence-electron chi connectivity index (χ1n) is 7.87. The lowest BCUT2D eigenvalue weighted by Gasteiger charge is -2.14. The lowest BCUT2D eigenvalue weighted by molar-refractivity contribution is 0.0947. The summed E-state index contributed by atoms with van der Waals surface area (Å²) in [7, 11) is 6.76. The summed E-state index contributed by atoms with van der Waals surface area (Å²) in [5.41, 5.74) is 1.81. The number of ether oxygens (including phenoxy) is 2. The van der Waals surface area contributed by atoms with E-state index in [2.05, 4.69) is 5.32 Å². The summed E-state index contributed by atoms with van der Waals surface area (Å²) < 4.78 is 24.3. The van der Waals surface area contributed by atoms with E-state index in [1.807, 2.05) is 19.0 Å². The molecule has 0 heterocycles. The van der Waals surface area contributed by atoms with Crippen molar-refractivity contribution in [1.29, 1.82) is 0 Å². The van der Waals surface area contributed by atoms with Crippen LogP contribution in [-0.2, 0) is 13.1 Å². The van der Waals surface area contributed by atoms with Crippen molar-refractivity contribution in [3.8, 4) is 11.5 Å². The number of carbonyl (C=O) groups excluding carboxylic acids is 1. The number of nitrogens with zero attached hydrogens (tertiary/aromatic N) is 1. The minimum atomic E-state index is -0.283. The van der Waals surface area contributed by atoms with Gasteiger partial charge in [0, 0.05) is 18.7 Å². The molecule has 0 saturated carbocycles. The van der Waals surface area contributed by atoms with Crippen LogP contribution in [0.3, 0.4) is 0 Å². The molecule has 0 aliphatic carbocycles. The zero-order valence-electron chi connectivity index (χ0n) is 14.9. The van der Waals surface area contributed by atoms with E-state index in [4.69, 9.17) is 9.47 Å². The van der Waals surface area contributed by atoms with Crippen molar-refractivity contribution in [2.24, 2.45) is 0 Å². The molecule has 2 aromatic carbocycles. The third-order valence-electron chi connectivity index (χ3n) is 3.70. The van der Waals surface area contributed by atoms with Gasteiger partial charge in [-0.15, -0.1) is 0 Å². The largest absolute Gasteiger partial charge is 0.493 e. The highest BCUT2D eigenvalue weighted by Gasteiger charge is 2.16. The minimum Gasteiger partial charge on any atom is -0.493 e. The molecule has 5 nitrogen and oxygen atoms in total. The maximum absolute atomic E-state index is 13.8. The van der Waals surface area contributed by atoms with Crippen molar-refractivity contribution in [2.75, 3.05) is 28.3 Å². The molecule has 1 N–H and O–H groups in total. The van der Waals surface area contributed by atoms with Gasteiger partial charge in [-0.3, -0.25) is 4.79 Å². The van der Waals surface area contributed by atoms with Crippen LogP contribution in [0.25, 0.3) is 0 Å². The summed E-state index contributed by atoms with van der Waals surface area (Å²) in [6, 6.07) is 9.97. The molecular formula is C19H23FN2O3. The lowest BCUT2D eigenvalue weighted by Crippen LogP contribution is -2.23. The smallest absolute Gasteiger partial charge is 0.255 e. The third-order valence-corrected chi connectivity index (χ3v) is 3.70. The van der Waals surface area contributed by atoms with Crippen molar-refractivity contribution >= 4 is 5.91 Å². The Kier molecular flexibility index (Phi) is 6.36. The summed E-state index contributed by atoms with van der Waals surface area (Å²) >= 11 is 0. The Hall–Kier alpha value is -2.60. The van der Waals surface area contributed by atoms with E-state index in [0.717, 1.165) is 5.56 Å². The molecule has 0 radical (unpaired) electrons. The summed E-state index contributed by atoms with van der Waals surface area (Å²) in [4.78, 5) is 14.4. The first-order valence-corrected chi connectivity index (χ1v) is 7.87. The zero-order valence-corrected chi connectivity index (χ0v) is 14.9. The molecule has 0 atom stereocenters. The molecule has 2 aromatic rings. The van der Waals surface area contributed by atoms with Gasteiger partial charge in [0.05, 0.1) is 19.8 Å². The number of carbonyl (C=O) groups is 1. The summed E-state index contributed by atoms with van der Waals surface area (Å²) in [5.74, 6) is 0.340. The van der Waals surface area contributed by atoms with Crippen LogP contribution in [0.1, 0.15) is 21.5 Å². The van der Waals surface area contributed by atoms with Crippen LogP contribution >= 0.6 is 0 Å². The van der Waals surface area contributed by atoms with Crippen molar-refractivity contribution in [1.82, 2.24) is 10.2 Å². The Labute approximate surface area is 147 Å². The molecule has 134 valence electrons. The van der Waals surface area contributed by atoms with Crippen LogP contribution in [-0.4, -0.2) is 39.1 Å². The molecule has 2 rings (SSSR count). The number of halogens is 1. The predicted octanol–water partition coefficient (Wildman–Crippen LogP) is 2.83. The number of amides is 1. The summed E-state index contributed by atoms with van der Waals surface area (Å²) in [5, 5.41) is 2.83. The first kappa shape index (κ1) is 18.7.